The molecule has 0 radical (unpaired) electrons. The number of piperidine rings is 1. The van der Waals surface area contributed by atoms with Crippen molar-refractivity contribution in [1.82, 2.24) is 20.4 Å². The van der Waals surface area contributed by atoms with Crippen molar-refractivity contribution in [3.05, 3.63) is 41.6 Å². The van der Waals surface area contributed by atoms with E-state index in [1.165, 1.54) is 0 Å². The average molecular weight is 330 g/mol. The summed E-state index contributed by atoms with van der Waals surface area (Å²) in [5.41, 5.74) is 1.12. The fourth-order valence-corrected chi connectivity index (χ4v) is 3.26. The first-order valence-corrected chi connectivity index (χ1v) is 8.72. The molecular weight excluding hydrogens is 304 g/mol. The molecule has 1 saturated heterocycles. The Balaban J connectivity index is 1.46. The van der Waals surface area contributed by atoms with Crippen LogP contribution in [0.1, 0.15) is 49.3 Å². The number of likely N-dealkylation sites (tertiary alicyclic amines) is 1. The summed E-state index contributed by atoms with van der Waals surface area (Å²) in [6, 6.07) is 6.13. The van der Waals surface area contributed by atoms with Gasteiger partial charge in [-0.25, -0.2) is 4.79 Å². The van der Waals surface area contributed by atoms with Gasteiger partial charge in [0.15, 0.2) is 0 Å². The molecule has 0 aromatic carbocycles. The summed E-state index contributed by atoms with van der Waals surface area (Å²) in [5.74, 6) is 2.26. The number of furan rings is 1. The summed E-state index contributed by atoms with van der Waals surface area (Å²) < 4.78 is 5.58. The zero-order valence-corrected chi connectivity index (χ0v) is 14.4. The van der Waals surface area contributed by atoms with Gasteiger partial charge in [0, 0.05) is 43.4 Å². The highest BCUT2D eigenvalue weighted by atomic mass is 16.3. The first-order valence-electron chi connectivity index (χ1n) is 8.72. The molecule has 0 spiro atoms. The molecule has 24 heavy (non-hydrogen) atoms. The van der Waals surface area contributed by atoms with E-state index in [-0.39, 0.29) is 12.1 Å². The molecule has 6 heteroatoms. The van der Waals surface area contributed by atoms with Crippen LogP contribution >= 0.6 is 0 Å². The zero-order valence-electron chi connectivity index (χ0n) is 14.4. The predicted molar refractivity (Wildman–Crippen MR) is 91.9 cm³/mol. The number of nitrogens with zero attached hydrogens (tertiary/aromatic N) is 2. The Labute approximate surface area is 142 Å². The molecule has 3 heterocycles. The third kappa shape index (κ3) is 4.19. The molecule has 1 aliphatic heterocycles. The number of aryl methyl sites for hydroxylation is 2. The van der Waals surface area contributed by atoms with Crippen LogP contribution < -0.4 is 5.32 Å². The average Bonchev–Trinajstić information content (AvgIpc) is 3.24. The molecule has 1 aliphatic rings. The van der Waals surface area contributed by atoms with Gasteiger partial charge in [-0.05, 0) is 51.3 Å². The largest absolute Gasteiger partial charge is 0.466 e. The minimum absolute atomic E-state index is 0.0299. The molecule has 0 unspecified atom stereocenters. The van der Waals surface area contributed by atoms with Gasteiger partial charge in [-0.2, -0.15) is 5.10 Å². The van der Waals surface area contributed by atoms with Crippen molar-refractivity contribution in [3.63, 3.8) is 0 Å². The Morgan fingerprint density at radius 2 is 2.38 bits per heavy atom. The zero-order chi connectivity index (χ0) is 16.9. The number of carbonyl (C=O) groups excluding carboxylic acids is 1. The van der Waals surface area contributed by atoms with Crippen molar-refractivity contribution >= 4 is 6.03 Å². The van der Waals surface area contributed by atoms with Crippen molar-refractivity contribution in [2.75, 3.05) is 13.1 Å². The van der Waals surface area contributed by atoms with Gasteiger partial charge in [-0.15, -0.1) is 0 Å². The van der Waals surface area contributed by atoms with Crippen LogP contribution in [0.25, 0.3) is 0 Å². The lowest BCUT2D eigenvalue weighted by Gasteiger charge is -2.33. The van der Waals surface area contributed by atoms with Crippen LogP contribution in [0.3, 0.4) is 0 Å². The van der Waals surface area contributed by atoms with E-state index in [9.17, 15) is 4.79 Å². The van der Waals surface area contributed by atoms with Gasteiger partial charge >= 0.3 is 6.03 Å². The van der Waals surface area contributed by atoms with E-state index in [2.05, 4.69) is 15.5 Å². The quantitative estimate of drug-likeness (QED) is 0.884. The number of nitrogens with one attached hydrogen (secondary N) is 2. The van der Waals surface area contributed by atoms with Crippen LogP contribution in [0.5, 0.6) is 0 Å². The standard InChI is InChI=1S/C18H26N4O2/c1-13(5-7-16-8-6-14(2)24-16)20-18(23)22-11-3-4-15(12-22)17-9-10-19-21-17/h6,8-10,13,15H,3-5,7,11-12H2,1-2H3,(H,19,21)(H,20,23)/t13-,15+/m1/s1. The van der Waals surface area contributed by atoms with Gasteiger partial charge < -0.3 is 14.6 Å². The molecule has 3 rings (SSSR count). The molecular formula is C18H26N4O2. The maximum Gasteiger partial charge on any atom is 0.317 e. The van der Waals surface area contributed by atoms with Gasteiger partial charge in [-0.1, -0.05) is 0 Å². The summed E-state index contributed by atoms with van der Waals surface area (Å²) in [5, 5.41) is 10.2. The maximum atomic E-state index is 12.5. The van der Waals surface area contributed by atoms with Crippen LogP contribution in [-0.2, 0) is 6.42 Å². The van der Waals surface area contributed by atoms with Crippen molar-refractivity contribution in [3.8, 4) is 0 Å². The van der Waals surface area contributed by atoms with Gasteiger partial charge in [0.25, 0.3) is 0 Å². The van der Waals surface area contributed by atoms with E-state index in [1.807, 2.05) is 36.9 Å². The third-order valence-electron chi connectivity index (χ3n) is 4.66. The summed E-state index contributed by atoms with van der Waals surface area (Å²) in [6.07, 6.45) is 5.60. The molecule has 6 nitrogen and oxygen atoms in total. The highest BCUT2D eigenvalue weighted by molar-refractivity contribution is 5.74. The molecule has 2 aromatic rings. The molecule has 130 valence electrons. The molecule has 2 N–H and O–H groups in total. The predicted octanol–water partition coefficient (Wildman–Crippen LogP) is 3.22. The van der Waals surface area contributed by atoms with E-state index < -0.39 is 0 Å². The fourth-order valence-electron chi connectivity index (χ4n) is 3.26. The summed E-state index contributed by atoms with van der Waals surface area (Å²) in [4.78, 5) is 14.4. The number of hydrogen-bond acceptors (Lipinski definition) is 3. The number of amides is 2. The minimum atomic E-state index is 0.0299. The van der Waals surface area contributed by atoms with Crippen LogP contribution in [0.4, 0.5) is 4.79 Å². The summed E-state index contributed by atoms with van der Waals surface area (Å²) in [6.45, 7) is 5.56. The van der Waals surface area contributed by atoms with Crippen molar-refractivity contribution in [2.45, 2.75) is 51.5 Å². The lowest BCUT2D eigenvalue weighted by atomic mass is 9.95. The number of rotatable bonds is 5. The highest BCUT2D eigenvalue weighted by Crippen LogP contribution is 2.25. The SMILES string of the molecule is Cc1ccc(CC[C@@H](C)NC(=O)N2CCC[C@H](c3ccn[nH]3)C2)o1. The Morgan fingerprint density at radius 3 is 3.08 bits per heavy atom. The first kappa shape index (κ1) is 16.6. The van der Waals surface area contributed by atoms with Gasteiger partial charge in [0.1, 0.15) is 11.5 Å². The monoisotopic (exact) mass is 330 g/mol. The van der Waals surface area contributed by atoms with E-state index in [1.54, 1.807) is 6.20 Å². The minimum Gasteiger partial charge on any atom is -0.466 e. The lowest BCUT2D eigenvalue weighted by molar-refractivity contribution is 0.175. The number of carbonyl (C=O) groups is 1. The van der Waals surface area contributed by atoms with E-state index >= 15 is 0 Å². The molecule has 2 atom stereocenters. The number of hydrogen-bond donors (Lipinski definition) is 2. The highest BCUT2D eigenvalue weighted by Gasteiger charge is 2.26. The second-order valence-electron chi connectivity index (χ2n) is 6.70. The summed E-state index contributed by atoms with van der Waals surface area (Å²) in [7, 11) is 0. The van der Waals surface area contributed by atoms with E-state index in [0.717, 1.165) is 56.0 Å². The third-order valence-corrected chi connectivity index (χ3v) is 4.66. The van der Waals surface area contributed by atoms with Crippen molar-refractivity contribution < 1.29 is 9.21 Å². The Kier molecular flexibility index (Phi) is 5.23. The Bertz CT molecular complexity index is 650. The molecule has 0 aliphatic carbocycles. The first-order chi connectivity index (χ1) is 11.6. The van der Waals surface area contributed by atoms with Crippen LogP contribution in [-0.4, -0.2) is 40.3 Å². The topological polar surface area (TPSA) is 74.2 Å². The van der Waals surface area contributed by atoms with Gasteiger partial charge in [0.05, 0.1) is 0 Å². The Morgan fingerprint density at radius 1 is 1.50 bits per heavy atom. The Hall–Kier alpha value is -2.24. The smallest absolute Gasteiger partial charge is 0.317 e. The summed E-state index contributed by atoms with van der Waals surface area (Å²) >= 11 is 0. The van der Waals surface area contributed by atoms with E-state index in [4.69, 9.17) is 4.42 Å². The molecule has 0 bridgehead atoms. The second kappa shape index (κ2) is 7.55. The van der Waals surface area contributed by atoms with Crippen molar-refractivity contribution in [1.29, 1.82) is 0 Å². The van der Waals surface area contributed by atoms with Crippen LogP contribution in [0, 0.1) is 6.92 Å². The van der Waals surface area contributed by atoms with Crippen LogP contribution in [0.2, 0.25) is 0 Å². The van der Waals surface area contributed by atoms with E-state index in [0.29, 0.717) is 5.92 Å². The maximum absolute atomic E-state index is 12.5. The van der Waals surface area contributed by atoms with Gasteiger partial charge in [-0.3, -0.25) is 5.10 Å². The number of aromatic amines is 1. The second-order valence-corrected chi connectivity index (χ2v) is 6.70. The number of urea groups is 1. The molecule has 1 fully saturated rings. The van der Waals surface area contributed by atoms with Crippen LogP contribution in [0.15, 0.2) is 28.8 Å². The van der Waals surface area contributed by atoms with Gasteiger partial charge in [0.2, 0.25) is 0 Å². The normalized spacial score (nSPS) is 19.2. The van der Waals surface area contributed by atoms with Crippen molar-refractivity contribution in [2.24, 2.45) is 0 Å². The fraction of sp³-hybridized carbons (Fsp3) is 0.556. The molecule has 0 saturated carbocycles. The number of aromatic nitrogens is 2. The number of H-pyrrole nitrogens is 1. The molecule has 2 amide bonds. The lowest BCUT2D eigenvalue weighted by Crippen LogP contribution is -2.47. The molecule has 2 aromatic heterocycles.